The number of carbonyl (C=O) groups excluding carboxylic acids is 2. The molecule has 0 heterocycles. The highest BCUT2D eigenvalue weighted by Crippen LogP contribution is 2.43. The molecule has 0 saturated heterocycles. The molecule has 4 nitrogen and oxygen atoms in total. The third-order valence-corrected chi connectivity index (χ3v) is 3.34. The average molecular weight is 248 g/mol. The second-order valence-electron chi connectivity index (χ2n) is 4.37. The Morgan fingerprint density at radius 3 is 2.35 bits per heavy atom. The summed E-state index contributed by atoms with van der Waals surface area (Å²) < 4.78 is 36.4. The molecule has 7 heteroatoms. The number of carbonyl (C=O) groups is 2. The van der Waals surface area contributed by atoms with Crippen molar-refractivity contribution in [1.82, 2.24) is 5.32 Å². The summed E-state index contributed by atoms with van der Waals surface area (Å²) in [6.07, 6.45) is -0.869. The zero-order chi connectivity index (χ0) is 12.8. The van der Waals surface area contributed by atoms with E-state index in [1.165, 1.54) is 0 Å². The minimum absolute atomic E-state index is 0.156. The van der Waals surface area contributed by atoms with Crippen molar-refractivity contribution in [3.63, 3.8) is 0 Å². The van der Waals surface area contributed by atoms with Gasteiger partial charge >= 0.3 is 12.1 Å². The molecule has 3 N–H and O–H groups in total. The van der Waals surface area contributed by atoms with Gasteiger partial charge in [0.1, 0.15) is 0 Å². The molecule has 0 radical (unpaired) electrons. The number of fused-ring (bicyclic) bond motifs is 2. The van der Waals surface area contributed by atoms with E-state index in [0.29, 0.717) is 6.42 Å². The lowest BCUT2D eigenvalue weighted by atomic mass is 9.88. The average Bonchev–Trinajstić information content (AvgIpc) is 2.75. The number of nitrogens with two attached hydrogens (primary N) is 1. The first-order chi connectivity index (χ1) is 7.80. The van der Waals surface area contributed by atoms with Gasteiger partial charge in [0.25, 0.3) is 0 Å². The first kappa shape index (κ1) is 11.9. The number of amides is 2. The Kier molecular flexibility index (Phi) is 2.63. The summed E-state index contributed by atoms with van der Waals surface area (Å²) in [5.74, 6) is -3.82. The predicted molar refractivity (Wildman–Crippen MR) is 51.4 cm³/mol. The summed E-state index contributed by atoms with van der Waals surface area (Å²) in [6.45, 7) is 0. The van der Waals surface area contributed by atoms with Gasteiger partial charge in [0, 0.05) is 6.04 Å². The van der Waals surface area contributed by atoms with Gasteiger partial charge in [-0.05, 0) is 18.3 Å². The summed E-state index contributed by atoms with van der Waals surface area (Å²) in [6, 6.07) is -0.836. The van der Waals surface area contributed by atoms with Crippen LogP contribution in [0, 0.1) is 17.8 Å². The molecule has 94 valence electrons. The molecule has 2 bridgehead atoms. The summed E-state index contributed by atoms with van der Waals surface area (Å²) in [5.41, 5.74) is 5.15. The minimum atomic E-state index is -4.94. The molecule has 1 fully saturated rings. The molecule has 4 atom stereocenters. The van der Waals surface area contributed by atoms with Gasteiger partial charge in [-0.1, -0.05) is 12.2 Å². The number of hydrogen-bond donors (Lipinski definition) is 2. The largest absolute Gasteiger partial charge is 0.471 e. The maximum Gasteiger partial charge on any atom is 0.471 e. The van der Waals surface area contributed by atoms with E-state index >= 15 is 0 Å². The number of nitrogens with one attached hydrogen (secondary N) is 1. The summed E-state index contributed by atoms with van der Waals surface area (Å²) in [4.78, 5) is 22.0. The Morgan fingerprint density at radius 1 is 1.24 bits per heavy atom. The van der Waals surface area contributed by atoms with Gasteiger partial charge in [-0.3, -0.25) is 9.59 Å². The lowest BCUT2D eigenvalue weighted by molar-refractivity contribution is -0.175. The first-order valence-corrected chi connectivity index (χ1v) is 5.16. The molecule has 0 aromatic heterocycles. The van der Waals surface area contributed by atoms with Crippen LogP contribution in [-0.4, -0.2) is 24.0 Å². The molecule has 0 aromatic carbocycles. The van der Waals surface area contributed by atoms with Crippen LogP contribution < -0.4 is 11.1 Å². The van der Waals surface area contributed by atoms with Crippen LogP contribution in [0.5, 0.6) is 0 Å². The zero-order valence-electron chi connectivity index (χ0n) is 8.70. The van der Waals surface area contributed by atoms with Crippen molar-refractivity contribution in [3.05, 3.63) is 12.2 Å². The minimum Gasteiger partial charge on any atom is -0.369 e. The number of primary amides is 1. The molecule has 0 aliphatic heterocycles. The van der Waals surface area contributed by atoms with Crippen molar-refractivity contribution in [2.24, 2.45) is 23.5 Å². The number of allylic oxidation sites excluding steroid dienone is 1. The molecule has 2 amide bonds. The van der Waals surface area contributed by atoms with Crippen LogP contribution >= 0.6 is 0 Å². The fourth-order valence-corrected chi connectivity index (χ4v) is 2.64. The third-order valence-electron chi connectivity index (χ3n) is 3.34. The van der Waals surface area contributed by atoms with E-state index in [0.717, 1.165) is 0 Å². The quantitative estimate of drug-likeness (QED) is 0.692. The topological polar surface area (TPSA) is 72.2 Å². The summed E-state index contributed by atoms with van der Waals surface area (Å²) >= 11 is 0. The van der Waals surface area contributed by atoms with Gasteiger partial charge < -0.3 is 11.1 Å². The van der Waals surface area contributed by atoms with E-state index in [9.17, 15) is 22.8 Å². The van der Waals surface area contributed by atoms with Gasteiger partial charge in [-0.2, -0.15) is 13.2 Å². The second-order valence-corrected chi connectivity index (χ2v) is 4.37. The van der Waals surface area contributed by atoms with Gasteiger partial charge in [0.05, 0.1) is 5.92 Å². The molecular weight excluding hydrogens is 237 g/mol. The van der Waals surface area contributed by atoms with Crippen LogP contribution in [0.4, 0.5) is 13.2 Å². The highest BCUT2D eigenvalue weighted by Gasteiger charge is 2.50. The van der Waals surface area contributed by atoms with Crippen LogP contribution in [-0.2, 0) is 9.59 Å². The van der Waals surface area contributed by atoms with Crippen molar-refractivity contribution in [1.29, 1.82) is 0 Å². The summed E-state index contributed by atoms with van der Waals surface area (Å²) in [7, 11) is 0. The van der Waals surface area contributed by atoms with E-state index in [4.69, 9.17) is 5.73 Å². The van der Waals surface area contributed by atoms with Gasteiger partial charge in [-0.15, -0.1) is 0 Å². The normalized spacial score (nSPS) is 35.0. The molecule has 1 saturated carbocycles. The van der Waals surface area contributed by atoms with Gasteiger partial charge in [-0.25, -0.2) is 0 Å². The Morgan fingerprint density at radius 2 is 1.82 bits per heavy atom. The van der Waals surface area contributed by atoms with Crippen molar-refractivity contribution < 1.29 is 22.8 Å². The molecule has 0 unspecified atom stereocenters. The number of rotatable bonds is 2. The molecule has 17 heavy (non-hydrogen) atoms. The van der Waals surface area contributed by atoms with Crippen LogP contribution in [0.2, 0.25) is 0 Å². The van der Waals surface area contributed by atoms with Gasteiger partial charge in [0.15, 0.2) is 0 Å². The summed E-state index contributed by atoms with van der Waals surface area (Å²) in [5, 5.41) is 1.87. The molecule has 2 aliphatic carbocycles. The zero-order valence-corrected chi connectivity index (χ0v) is 8.70. The monoisotopic (exact) mass is 248 g/mol. The van der Waals surface area contributed by atoms with Crippen molar-refractivity contribution in [2.75, 3.05) is 0 Å². The lowest BCUT2D eigenvalue weighted by Gasteiger charge is -2.26. The van der Waals surface area contributed by atoms with Gasteiger partial charge in [0.2, 0.25) is 5.91 Å². The standard InChI is InChI=1S/C10H11F3N2O2/c11-10(12,13)9(17)15-7-5-2-1-4(3-5)6(7)8(14)16/h1-2,4-7H,3H2,(H2,14,16)(H,15,17)/t4-,5+,6-,7+/m0/s1. The third kappa shape index (κ3) is 2.01. The van der Waals surface area contributed by atoms with E-state index < -0.39 is 30.0 Å². The highest BCUT2D eigenvalue weighted by atomic mass is 19.4. The molecule has 2 rings (SSSR count). The Hall–Kier alpha value is -1.53. The SMILES string of the molecule is NC(=O)[C@@H]1[C@H](NC(=O)C(F)(F)F)[C@@H]2C=C[C@H]1C2. The molecule has 0 aromatic rings. The second kappa shape index (κ2) is 3.75. The number of halogens is 3. The lowest BCUT2D eigenvalue weighted by Crippen LogP contribution is -2.51. The Labute approximate surface area is 95.0 Å². The van der Waals surface area contributed by atoms with E-state index in [1.54, 1.807) is 12.2 Å². The van der Waals surface area contributed by atoms with E-state index in [-0.39, 0.29) is 11.8 Å². The maximum atomic E-state index is 12.1. The molecular formula is C10H11F3N2O2. The fourth-order valence-electron chi connectivity index (χ4n) is 2.64. The predicted octanol–water partition coefficient (Wildman–Crippen LogP) is 0.341. The Balaban J connectivity index is 2.13. The van der Waals surface area contributed by atoms with E-state index in [1.807, 2.05) is 5.32 Å². The highest BCUT2D eigenvalue weighted by molar-refractivity contribution is 5.84. The van der Waals surface area contributed by atoms with Crippen LogP contribution in [0.15, 0.2) is 12.2 Å². The van der Waals surface area contributed by atoms with Crippen molar-refractivity contribution >= 4 is 11.8 Å². The maximum absolute atomic E-state index is 12.1. The molecule has 0 spiro atoms. The number of alkyl halides is 3. The first-order valence-electron chi connectivity index (χ1n) is 5.16. The van der Waals surface area contributed by atoms with Crippen LogP contribution in [0.1, 0.15) is 6.42 Å². The van der Waals surface area contributed by atoms with E-state index in [2.05, 4.69) is 0 Å². The van der Waals surface area contributed by atoms with Crippen LogP contribution in [0.25, 0.3) is 0 Å². The van der Waals surface area contributed by atoms with Crippen LogP contribution in [0.3, 0.4) is 0 Å². The van der Waals surface area contributed by atoms with Crippen molar-refractivity contribution in [2.45, 2.75) is 18.6 Å². The number of hydrogen-bond acceptors (Lipinski definition) is 2. The molecule has 2 aliphatic rings. The smallest absolute Gasteiger partial charge is 0.369 e. The van der Waals surface area contributed by atoms with Crippen molar-refractivity contribution in [3.8, 4) is 0 Å². The fraction of sp³-hybridized carbons (Fsp3) is 0.600. The Bertz CT molecular complexity index is 392.